The molecule has 0 aliphatic carbocycles. The smallest absolute Gasteiger partial charge is 0.248 e. The molecule has 140 valence electrons. The average molecular weight is 374 g/mol. The molecule has 4 rings (SSSR count). The minimum atomic E-state index is -0.457. The fourth-order valence-electron chi connectivity index (χ4n) is 3.06. The van der Waals surface area contributed by atoms with Gasteiger partial charge in [-0.2, -0.15) is 0 Å². The van der Waals surface area contributed by atoms with Crippen molar-refractivity contribution in [1.29, 1.82) is 0 Å². The number of carbonyl (C=O) groups excluding carboxylic acids is 2. The molecule has 1 aliphatic rings. The van der Waals surface area contributed by atoms with Crippen molar-refractivity contribution in [2.75, 3.05) is 6.61 Å². The van der Waals surface area contributed by atoms with Gasteiger partial charge in [0.2, 0.25) is 5.91 Å². The Hall–Kier alpha value is -3.67. The minimum absolute atomic E-state index is 0.0780. The number of nitrogens with zero attached hydrogens (tertiary/aromatic N) is 1. The zero-order valence-electron chi connectivity index (χ0n) is 15.1. The van der Waals surface area contributed by atoms with E-state index in [9.17, 15) is 9.59 Å². The molecule has 0 saturated heterocycles. The number of ether oxygens (including phenoxy) is 2. The van der Waals surface area contributed by atoms with Gasteiger partial charge in [-0.05, 0) is 42.0 Å². The van der Waals surface area contributed by atoms with E-state index >= 15 is 0 Å². The highest BCUT2D eigenvalue weighted by Gasteiger charge is 2.19. The molecule has 6 nitrogen and oxygen atoms in total. The van der Waals surface area contributed by atoms with Crippen LogP contribution in [-0.4, -0.2) is 23.3 Å². The summed E-state index contributed by atoms with van der Waals surface area (Å²) in [5, 5.41) is 0. The lowest BCUT2D eigenvalue weighted by Crippen LogP contribution is -2.15. The van der Waals surface area contributed by atoms with Crippen molar-refractivity contribution in [3.05, 3.63) is 83.2 Å². The van der Waals surface area contributed by atoms with Crippen LogP contribution < -0.4 is 15.2 Å². The first-order chi connectivity index (χ1) is 13.6. The summed E-state index contributed by atoms with van der Waals surface area (Å²) in [7, 11) is 0. The van der Waals surface area contributed by atoms with Crippen LogP contribution in [0.1, 0.15) is 38.4 Å². The van der Waals surface area contributed by atoms with Gasteiger partial charge in [-0.25, -0.2) is 0 Å². The Morgan fingerprint density at radius 3 is 2.75 bits per heavy atom. The lowest BCUT2D eigenvalue weighted by molar-refractivity contribution is 0.0932. The molecule has 0 spiro atoms. The van der Waals surface area contributed by atoms with Crippen LogP contribution >= 0.6 is 0 Å². The summed E-state index contributed by atoms with van der Waals surface area (Å²) >= 11 is 0. The second-order valence-electron chi connectivity index (χ2n) is 6.47. The van der Waals surface area contributed by atoms with Gasteiger partial charge in [-0.3, -0.25) is 14.6 Å². The molecule has 2 heterocycles. The van der Waals surface area contributed by atoms with Crippen molar-refractivity contribution >= 4 is 11.7 Å². The largest absolute Gasteiger partial charge is 0.492 e. The number of carbonyl (C=O) groups is 2. The normalized spacial score (nSPS) is 12.8. The monoisotopic (exact) mass is 374 g/mol. The number of rotatable bonds is 5. The average Bonchev–Trinajstić information content (AvgIpc) is 2.70. The first-order valence-electron chi connectivity index (χ1n) is 8.91. The second kappa shape index (κ2) is 7.52. The van der Waals surface area contributed by atoms with Crippen LogP contribution in [0.2, 0.25) is 0 Å². The number of amides is 1. The van der Waals surface area contributed by atoms with Crippen LogP contribution in [-0.2, 0) is 6.42 Å². The van der Waals surface area contributed by atoms with Crippen molar-refractivity contribution < 1.29 is 19.1 Å². The van der Waals surface area contributed by atoms with Crippen molar-refractivity contribution in [2.24, 2.45) is 5.73 Å². The Balaban J connectivity index is 1.56. The third-order valence-corrected chi connectivity index (χ3v) is 4.53. The third-order valence-electron chi connectivity index (χ3n) is 4.53. The highest BCUT2D eigenvalue weighted by Crippen LogP contribution is 2.32. The number of nitrogens with two attached hydrogens (primary N) is 1. The molecule has 0 bridgehead atoms. The standard InChI is InChI=1S/C22H18N2O4/c23-22(26)15-5-3-14(4-6-15)12-18-20(2-1-10-24-18)28-16-7-8-17-19(25)9-11-27-21(17)13-16/h1-8,10,13H,9,11-12H2,(H2,23,26). The number of primary amides is 1. The molecular formula is C22H18N2O4. The molecule has 1 aromatic heterocycles. The van der Waals surface area contributed by atoms with Gasteiger partial charge in [0.15, 0.2) is 5.78 Å². The number of pyridine rings is 1. The van der Waals surface area contributed by atoms with Gasteiger partial charge in [0.05, 0.1) is 17.9 Å². The van der Waals surface area contributed by atoms with Gasteiger partial charge in [-0.1, -0.05) is 12.1 Å². The van der Waals surface area contributed by atoms with E-state index in [1.807, 2.05) is 18.2 Å². The molecule has 0 fully saturated rings. The molecule has 0 atom stereocenters. The van der Waals surface area contributed by atoms with E-state index in [1.54, 1.807) is 42.6 Å². The maximum absolute atomic E-state index is 11.9. The maximum Gasteiger partial charge on any atom is 0.248 e. The van der Waals surface area contributed by atoms with Gasteiger partial charge >= 0.3 is 0 Å². The highest BCUT2D eigenvalue weighted by atomic mass is 16.5. The first kappa shape index (κ1) is 17.7. The molecule has 2 N–H and O–H groups in total. The molecule has 1 aliphatic heterocycles. The SMILES string of the molecule is NC(=O)c1ccc(Cc2ncccc2Oc2ccc3c(c2)OCCC3=O)cc1. The molecular weight excluding hydrogens is 356 g/mol. The van der Waals surface area contributed by atoms with Crippen LogP contribution in [0.25, 0.3) is 0 Å². The summed E-state index contributed by atoms with van der Waals surface area (Å²) in [6.07, 6.45) is 2.64. The Morgan fingerprint density at radius 1 is 1.14 bits per heavy atom. The van der Waals surface area contributed by atoms with Gasteiger partial charge < -0.3 is 15.2 Å². The molecule has 6 heteroatoms. The number of ketones is 1. The van der Waals surface area contributed by atoms with E-state index in [0.717, 1.165) is 11.3 Å². The summed E-state index contributed by atoms with van der Waals surface area (Å²) in [4.78, 5) is 27.6. The zero-order valence-corrected chi connectivity index (χ0v) is 15.1. The van der Waals surface area contributed by atoms with Crippen molar-refractivity contribution in [2.45, 2.75) is 12.8 Å². The second-order valence-corrected chi connectivity index (χ2v) is 6.47. The number of hydrogen-bond acceptors (Lipinski definition) is 5. The molecule has 28 heavy (non-hydrogen) atoms. The number of aromatic nitrogens is 1. The van der Waals surface area contributed by atoms with E-state index < -0.39 is 5.91 Å². The van der Waals surface area contributed by atoms with E-state index in [4.69, 9.17) is 15.2 Å². The number of hydrogen-bond donors (Lipinski definition) is 1. The van der Waals surface area contributed by atoms with Gasteiger partial charge in [0, 0.05) is 30.7 Å². The number of Topliss-reactive ketones (excluding diaryl/α,β-unsaturated/α-hetero) is 1. The Labute approximate surface area is 161 Å². The van der Waals surface area contributed by atoms with E-state index in [2.05, 4.69) is 4.98 Å². The van der Waals surface area contributed by atoms with Gasteiger partial charge in [-0.15, -0.1) is 0 Å². The van der Waals surface area contributed by atoms with Crippen molar-refractivity contribution in [3.63, 3.8) is 0 Å². The van der Waals surface area contributed by atoms with E-state index in [-0.39, 0.29) is 5.78 Å². The van der Waals surface area contributed by atoms with Crippen LogP contribution in [0.4, 0.5) is 0 Å². The predicted octanol–water partition coefficient (Wildman–Crippen LogP) is 3.53. The van der Waals surface area contributed by atoms with E-state index in [1.165, 1.54) is 0 Å². The summed E-state index contributed by atoms with van der Waals surface area (Å²) < 4.78 is 11.6. The zero-order chi connectivity index (χ0) is 19.5. The first-order valence-corrected chi connectivity index (χ1v) is 8.91. The summed E-state index contributed by atoms with van der Waals surface area (Å²) in [5.41, 5.74) is 8.06. The van der Waals surface area contributed by atoms with Crippen molar-refractivity contribution in [1.82, 2.24) is 4.98 Å². The van der Waals surface area contributed by atoms with Crippen LogP contribution in [0, 0.1) is 0 Å². The predicted molar refractivity (Wildman–Crippen MR) is 103 cm³/mol. The lowest BCUT2D eigenvalue weighted by atomic mass is 10.0. The third kappa shape index (κ3) is 3.71. The lowest BCUT2D eigenvalue weighted by Gasteiger charge is -2.17. The summed E-state index contributed by atoms with van der Waals surface area (Å²) in [6.45, 7) is 0.384. The molecule has 0 radical (unpaired) electrons. The van der Waals surface area contributed by atoms with Crippen LogP contribution in [0.5, 0.6) is 17.2 Å². The fourth-order valence-corrected chi connectivity index (χ4v) is 3.06. The molecule has 0 unspecified atom stereocenters. The van der Waals surface area contributed by atoms with Gasteiger partial charge in [0.1, 0.15) is 17.2 Å². The highest BCUT2D eigenvalue weighted by molar-refractivity contribution is 5.99. The molecule has 3 aromatic rings. The Kier molecular flexibility index (Phi) is 4.76. The minimum Gasteiger partial charge on any atom is -0.492 e. The topological polar surface area (TPSA) is 91.5 Å². The Bertz CT molecular complexity index is 1040. The van der Waals surface area contributed by atoms with Crippen molar-refractivity contribution in [3.8, 4) is 17.2 Å². The molecule has 2 aromatic carbocycles. The number of benzene rings is 2. The summed E-state index contributed by atoms with van der Waals surface area (Å²) in [6, 6.07) is 15.9. The quantitative estimate of drug-likeness (QED) is 0.738. The number of fused-ring (bicyclic) bond motifs is 1. The molecule has 0 saturated carbocycles. The Morgan fingerprint density at radius 2 is 1.96 bits per heavy atom. The fraction of sp³-hybridized carbons (Fsp3) is 0.136. The molecule has 1 amide bonds. The summed E-state index contributed by atoms with van der Waals surface area (Å²) in [5.74, 6) is 1.35. The van der Waals surface area contributed by atoms with Crippen LogP contribution in [0.3, 0.4) is 0 Å². The van der Waals surface area contributed by atoms with Crippen LogP contribution in [0.15, 0.2) is 60.8 Å². The maximum atomic E-state index is 11.9. The van der Waals surface area contributed by atoms with Gasteiger partial charge in [0.25, 0.3) is 0 Å². The van der Waals surface area contributed by atoms with E-state index in [0.29, 0.717) is 47.8 Å².